The van der Waals surface area contributed by atoms with E-state index in [2.05, 4.69) is 15.7 Å². The van der Waals surface area contributed by atoms with Gasteiger partial charge in [-0.05, 0) is 49.7 Å². The molecule has 0 spiro atoms. The minimum absolute atomic E-state index is 0.109. The van der Waals surface area contributed by atoms with Crippen molar-refractivity contribution in [1.29, 1.82) is 0 Å². The molecule has 150 valence electrons. The Balaban J connectivity index is 1.83. The molecule has 0 aliphatic rings. The molecule has 3 rings (SSSR count). The van der Waals surface area contributed by atoms with E-state index in [0.29, 0.717) is 22.7 Å². The monoisotopic (exact) mass is 392 g/mol. The normalized spacial score (nSPS) is 11.6. The first kappa shape index (κ1) is 20.1. The number of nitrogens with zero attached hydrogens (tertiary/aromatic N) is 2. The van der Waals surface area contributed by atoms with Crippen molar-refractivity contribution in [2.24, 2.45) is 7.05 Å². The number of rotatable bonds is 7. The van der Waals surface area contributed by atoms with E-state index in [1.807, 2.05) is 32.0 Å². The summed E-state index contributed by atoms with van der Waals surface area (Å²) in [5.74, 6) is 0.791. The molecule has 0 saturated heterocycles. The first-order valence-electron chi connectivity index (χ1n) is 9.45. The first-order valence-corrected chi connectivity index (χ1v) is 9.45. The largest absolute Gasteiger partial charge is 0.453 e. The summed E-state index contributed by atoms with van der Waals surface area (Å²) in [4.78, 5) is 24.8. The predicted octanol–water partition coefficient (Wildman–Crippen LogP) is 3.84. The van der Waals surface area contributed by atoms with Crippen LogP contribution in [0.2, 0.25) is 0 Å². The molecule has 1 aromatic heterocycles. The zero-order valence-corrected chi connectivity index (χ0v) is 16.7. The second-order valence-electron chi connectivity index (χ2n) is 6.71. The van der Waals surface area contributed by atoms with Gasteiger partial charge in [-0.3, -0.25) is 9.59 Å². The van der Waals surface area contributed by atoms with Gasteiger partial charge in [-0.1, -0.05) is 25.1 Å². The standard InChI is InChI=1S/C22H24N4O3/c1-4-15(2)24-21(27)16-10-12-17(13-11-16)25-20-19(14-23-26(3)22(20)28)29-18-8-6-5-7-9-18/h5-15,25H,4H2,1-3H3,(H,24,27)/t15-/m0/s1. The molecule has 0 aliphatic carbocycles. The lowest BCUT2D eigenvalue weighted by Crippen LogP contribution is -2.31. The summed E-state index contributed by atoms with van der Waals surface area (Å²) < 4.78 is 7.06. The van der Waals surface area contributed by atoms with E-state index in [9.17, 15) is 9.59 Å². The van der Waals surface area contributed by atoms with Crippen LogP contribution in [0.25, 0.3) is 0 Å². The van der Waals surface area contributed by atoms with E-state index in [-0.39, 0.29) is 23.2 Å². The zero-order chi connectivity index (χ0) is 20.8. The summed E-state index contributed by atoms with van der Waals surface area (Å²) in [6.07, 6.45) is 2.35. The van der Waals surface area contributed by atoms with E-state index in [0.717, 1.165) is 6.42 Å². The molecule has 3 aromatic rings. The molecular formula is C22H24N4O3. The van der Waals surface area contributed by atoms with Crippen LogP contribution in [-0.4, -0.2) is 21.7 Å². The zero-order valence-electron chi connectivity index (χ0n) is 16.7. The Kier molecular flexibility index (Phi) is 6.29. The van der Waals surface area contributed by atoms with E-state index >= 15 is 0 Å². The van der Waals surface area contributed by atoms with Gasteiger partial charge in [-0.2, -0.15) is 5.10 Å². The number of anilines is 2. The molecule has 0 bridgehead atoms. The number of nitrogens with one attached hydrogen (secondary N) is 2. The molecule has 1 amide bonds. The number of benzene rings is 2. The maximum Gasteiger partial charge on any atom is 0.294 e. The summed E-state index contributed by atoms with van der Waals surface area (Å²) in [5, 5.41) is 10.1. The van der Waals surface area contributed by atoms with Crippen LogP contribution in [0.1, 0.15) is 30.6 Å². The number of hydrogen-bond donors (Lipinski definition) is 2. The Hall–Kier alpha value is -3.61. The van der Waals surface area contributed by atoms with Gasteiger partial charge in [0.1, 0.15) is 5.75 Å². The lowest BCUT2D eigenvalue weighted by molar-refractivity contribution is 0.0939. The molecule has 0 fully saturated rings. The van der Waals surface area contributed by atoms with Crippen molar-refractivity contribution in [2.45, 2.75) is 26.3 Å². The fourth-order valence-electron chi connectivity index (χ4n) is 2.59. The number of para-hydroxylation sites is 1. The van der Waals surface area contributed by atoms with Gasteiger partial charge in [0.25, 0.3) is 11.5 Å². The minimum atomic E-state index is -0.322. The maximum atomic E-state index is 12.6. The highest BCUT2D eigenvalue weighted by atomic mass is 16.5. The van der Waals surface area contributed by atoms with Crippen LogP contribution in [0.5, 0.6) is 11.5 Å². The van der Waals surface area contributed by atoms with Crippen LogP contribution < -0.4 is 20.9 Å². The summed E-state index contributed by atoms with van der Waals surface area (Å²) in [5.41, 5.74) is 1.16. The topological polar surface area (TPSA) is 85.2 Å². The number of amides is 1. The molecule has 7 nitrogen and oxygen atoms in total. The molecule has 29 heavy (non-hydrogen) atoms. The van der Waals surface area contributed by atoms with Crippen LogP contribution in [0.4, 0.5) is 11.4 Å². The number of hydrogen-bond acceptors (Lipinski definition) is 5. The molecule has 7 heteroatoms. The molecule has 2 N–H and O–H groups in total. The van der Waals surface area contributed by atoms with Gasteiger partial charge in [0.2, 0.25) is 0 Å². The second kappa shape index (κ2) is 9.05. The van der Waals surface area contributed by atoms with Gasteiger partial charge in [-0.15, -0.1) is 0 Å². The predicted molar refractivity (Wildman–Crippen MR) is 113 cm³/mol. The van der Waals surface area contributed by atoms with E-state index in [4.69, 9.17) is 4.74 Å². The third kappa shape index (κ3) is 5.01. The minimum Gasteiger partial charge on any atom is -0.453 e. The number of aromatic nitrogens is 2. The summed E-state index contributed by atoms with van der Waals surface area (Å²) >= 11 is 0. The third-order valence-corrected chi connectivity index (χ3v) is 4.48. The summed E-state index contributed by atoms with van der Waals surface area (Å²) in [7, 11) is 1.57. The summed E-state index contributed by atoms with van der Waals surface area (Å²) in [6, 6.07) is 16.2. The number of carbonyl (C=O) groups excluding carboxylic acids is 1. The fraction of sp³-hybridized carbons (Fsp3) is 0.227. The van der Waals surface area contributed by atoms with E-state index < -0.39 is 0 Å². The lowest BCUT2D eigenvalue weighted by Gasteiger charge is -2.14. The Morgan fingerprint density at radius 1 is 1.14 bits per heavy atom. The smallest absolute Gasteiger partial charge is 0.294 e. The highest BCUT2D eigenvalue weighted by Crippen LogP contribution is 2.28. The van der Waals surface area contributed by atoms with Crippen LogP contribution in [0, 0.1) is 0 Å². The number of aryl methyl sites for hydroxylation is 1. The average Bonchev–Trinajstić information content (AvgIpc) is 2.74. The van der Waals surface area contributed by atoms with Crippen LogP contribution in [0.15, 0.2) is 65.6 Å². The number of ether oxygens (including phenoxy) is 1. The molecular weight excluding hydrogens is 368 g/mol. The molecule has 0 aliphatic heterocycles. The van der Waals surface area contributed by atoms with Gasteiger partial charge in [0.15, 0.2) is 11.4 Å². The summed E-state index contributed by atoms with van der Waals surface area (Å²) in [6.45, 7) is 3.98. The Bertz CT molecular complexity index is 1030. The van der Waals surface area contributed by atoms with Crippen molar-refractivity contribution in [1.82, 2.24) is 15.1 Å². The molecule has 2 aromatic carbocycles. The number of carbonyl (C=O) groups is 1. The second-order valence-corrected chi connectivity index (χ2v) is 6.71. The molecule has 0 saturated carbocycles. The SMILES string of the molecule is CC[C@H](C)NC(=O)c1ccc(Nc2c(Oc3ccccc3)cnn(C)c2=O)cc1. The van der Waals surface area contributed by atoms with Crippen molar-refractivity contribution in [3.63, 3.8) is 0 Å². The van der Waals surface area contributed by atoms with E-state index in [1.165, 1.54) is 10.9 Å². The van der Waals surface area contributed by atoms with Gasteiger partial charge >= 0.3 is 0 Å². The molecule has 0 unspecified atom stereocenters. The third-order valence-electron chi connectivity index (χ3n) is 4.48. The Morgan fingerprint density at radius 3 is 2.48 bits per heavy atom. The van der Waals surface area contributed by atoms with Crippen LogP contribution >= 0.6 is 0 Å². The van der Waals surface area contributed by atoms with Crippen molar-refractivity contribution in [2.75, 3.05) is 5.32 Å². The molecule has 1 heterocycles. The van der Waals surface area contributed by atoms with Gasteiger partial charge in [0, 0.05) is 24.3 Å². The highest BCUT2D eigenvalue weighted by Gasteiger charge is 2.14. The van der Waals surface area contributed by atoms with Crippen molar-refractivity contribution in [3.05, 3.63) is 76.7 Å². The van der Waals surface area contributed by atoms with Crippen molar-refractivity contribution >= 4 is 17.3 Å². The highest BCUT2D eigenvalue weighted by molar-refractivity contribution is 5.94. The average molecular weight is 392 g/mol. The molecule has 1 atom stereocenters. The van der Waals surface area contributed by atoms with Crippen LogP contribution in [-0.2, 0) is 7.05 Å². The first-order chi connectivity index (χ1) is 14.0. The van der Waals surface area contributed by atoms with Gasteiger partial charge < -0.3 is 15.4 Å². The van der Waals surface area contributed by atoms with Gasteiger partial charge in [0.05, 0.1) is 6.20 Å². The Morgan fingerprint density at radius 2 is 1.83 bits per heavy atom. The lowest BCUT2D eigenvalue weighted by atomic mass is 10.1. The van der Waals surface area contributed by atoms with E-state index in [1.54, 1.807) is 43.4 Å². The maximum absolute atomic E-state index is 12.6. The van der Waals surface area contributed by atoms with Crippen molar-refractivity contribution < 1.29 is 9.53 Å². The molecule has 0 radical (unpaired) electrons. The Labute approximate surface area is 169 Å². The quantitative estimate of drug-likeness (QED) is 0.638. The fourth-order valence-corrected chi connectivity index (χ4v) is 2.59. The van der Waals surface area contributed by atoms with Crippen LogP contribution in [0.3, 0.4) is 0 Å². The van der Waals surface area contributed by atoms with Gasteiger partial charge in [-0.25, -0.2) is 4.68 Å². The van der Waals surface area contributed by atoms with Crippen molar-refractivity contribution in [3.8, 4) is 11.5 Å².